The van der Waals surface area contributed by atoms with Crippen LogP contribution in [0.1, 0.15) is 78.6 Å². The lowest BCUT2D eigenvalue weighted by Crippen LogP contribution is -2.63. The molecule has 0 heterocycles. The van der Waals surface area contributed by atoms with Crippen molar-refractivity contribution < 1.29 is 33.1 Å². The van der Waals surface area contributed by atoms with Gasteiger partial charge in [-0.15, -0.1) is 0 Å². The Balaban J connectivity index is 1.44. The molecule has 0 spiro atoms. The minimum absolute atomic E-state index is 0.103. The summed E-state index contributed by atoms with van der Waals surface area (Å²) in [5.41, 5.74) is -0.412. The fourth-order valence-corrected chi connectivity index (χ4v) is 9.72. The average molecular weight is 516 g/mol. The van der Waals surface area contributed by atoms with Crippen LogP contribution in [0.25, 0.3) is 0 Å². The van der Waals surface area contributed by atoms with E-state index in [0.29, 0.717) is 37.0 Å². The lowest BCUT2D eigenvalue weighted by Gasteiger charge is -2.63. The monoisotopic (exact) mass is 515 g/mol. The van der Waals surface area contributed by atoms with Crippen molar-refractivity contribution in [3.63, 3.8) is 0 Å². The molecule has 35 heavy (non-hydrogen) atoms. The molecule has 4 saturated carbocycles. The van der Waals surface area contributed by atoms with Gasteiger partial charge in [-0.2, -0.15) is 8.42 Å². The Morgan fingerprint density at radius 2 is 1.77 bits per heavy atom. The molecule has 0 saturated heterocycles. The fraction of sp³-hybridized carbons (Fsp3) is 0.962. The van der Waals surface area contributed by atoms with Crippen LogP contribution in [0.3, 0.4) is 0 Å². The molecule has 11 atom stereocenters. The molecule has 202 valence electrons. The molecule has 0 aromatic carbocycles. The summed E-state index contributed by atoms with van der Waals surface area (Å²) >= 11 is 0. The number of hydrogen-bond acceptors (Lipinski definition) is 6. The van der Waals surface area contributed by atoms with E-state index in [4.69, 9.17) is 4.55 Å². The van der Waals surface area contributed by atoms with Crippen LogP contribution in [-0.4, -0.2) is 64.8 Å². The standard InChI is InChI=1S/C26H45NO7S/c1-15(6-9-23(31)27-11-12-35(32,33)34)17-7-8-18-16-13-21(29)24-20(28)5-4-10-25(24,2)19(16)14-22(30)26(17,18)3/h15-22,24,28-30H,4-14H2,1-3H3,(H,27,31)(H,32,33,34). The minimum Gasteiger partial charge on any atom is -0.393 e. The highest BCUT2D eigenvalue weighted by Crippen LogP contribution is 2.68. The van der Waals surface area contributed by atoms with Crippen molar-refractivity contribution in [3.8, 4) is 0 Å². The highest BCUT2D eigenvalue weighted by atomic mass is 32.2. The SMILES string of the molecule is CC(CCC(=O)NCCS(=O)(=O)O)C1CCC2C3CC(O)C4C(O)CCCC4(C)C3CC(O)C12C. The topological polar surface area (TPSA) is 144 Å². The molecule has 4 aliphatic carbocycles. The van der Waals surface area contributed by atoms with Gasteiger partial charge in [0.15, 0.2) is 0 Å². The Morgan fingerprint density at radius 1 is 1.06 bits per heavy atom. The first-order chi connectivity index (χ1) is 16.3. The van der Waals surface area contributed by atoms with Crippen LogP contribution in [0, 0.1) is 46.3 Å². The van der Waals surface area contributed by atoms with Gasteiger partial charge in [0.05, 0.1) is 24.1 Å². The van der Waals surface area contributed by atoms with E-state index in [9.17, 15) is 28.5 Å². The van der Waals surface area contributed by atoms with E-state index in [0.717, 1.165) is 32.1 Å². The van der Waals surface area contributed by atoms with E-state index >= 15 is 0 Å². The smallest absolute Gasteiger partial charge is 0.266 e. The summed E-state index contributed by atoms with van der Waals surface area (Å²) in [5, 5.41) is 36.1. The second kappa shape index (κ2) is 9.86. The van der Waals surface area contributed by atoms with Gasteiger partial charge in [-0.3, -0.25) is 9.35 Å². The Labute approximate surface area is 210 Å². The van der Waals surface area contributed by atoms with Gasteiger partial charge in [0.1, 0.15) is 0 Å². The predicted molar refractivity (Wildman–Crippen MR) is 132 cm³/mol. The van der Waals surface area contributed by atoms with Crippen molar-refractivity contribution in [2.45, 2.75) is 96.9 Å². The van der Waals surface area contributed by atoms with Crippen molar-refractivity contribution in [3.05, 3.63) is 0 Å². The molecule has 0 aliphatic heterocycles. The Hall–Kier alpha value is -0.740. The number of carbonyl (C=O) groups excluding carboxylic acids is 1. The van der Waals surface area contributed by atoms with Crippen LogP contribution < -0.4 is 5.32 Å². The fourth-order valence-electron chi connectivity index (χ4n) is 9.36. The van der Waals surface area contributed by atoms with Gasteiger partial charge in [-0.25, -0.2) is 0 Å². The first kappa shape index (κ1) is 27.3. The summed E-state index contributed by atoms with van der Waals surface area (Å²) < 4.78 is 30.5. The van der Waals surface area contributed by atoms with E-state index in [1.807, 2.05) is 0 Å². The van der Waals surface area contributed by atoms with Gasteiger partial charge in [0, 0.05) is 18.9 Å². The molecular weight excluding hydrogens is 470 g/mol. The van der Waals surface area contributed by atoms with Gasteiger partial charge in [0.25, 0.3) is 10.1 Å². The Kier molecular flexibility index (Phi) is 7.69. The van der Waals surface area contributed by atoms with Crippen LogP contribution in [-0.2, 0) is 14.9 Å². The third kappa shape index (κ3) is 4.92. The van der Waals surface area contributed by atoms with Crippen molar-refractivity contribution in [2.24, 2.45) is 46.3 Å². The molecule has 0 radical (unpaired) electrons. The molecule has 11 unspecified atom stereocenters. The average Bonchev–Trinajstić information content (AvgIpc) is 3.11. The van der Waals surface area contributed by atoms with Gasteiger partial charge in [-0.05, 0) is 85.4 Å². The zero-order valence-corrected chi connectivity index (χ0v) is 22.2. The molecule has 5 N–H and O–H groups in total. The normalized spacial score (nSPS) is 46.3. The number of carbonyl (C=O) groups is 1. The number of aliphatic hydroxyl groups excluding tert-OH is 3. The minimum atomic E-state index is -4.09. The van der Waals surface area contributed by atoms with Crippen molar-refractivity contribution in [2.75, 3.05) is 12.3 Å². The first-order valence-electron chi connectivity index (χ1n) is 13.5. The number of fused-ring (bicyclic) bond motifs is 5. The maximum atomic E-state index is 12.2. The van der Waals surface area contributed by atoms with Crippen molar-refractivity contribution in [1.29, 1.82) is 0 Å². The highest BCUT2D eigenvalue weighted by Gasteiger charge is 2.65. The summed E-state index contributed by atoms with van der Waals surface area (Å²) in [6.45, 7) is 6.50. The van der Waals surface area contributed by atoms with Crippen LogP contribution in [0.2, 0.25) is 0 Å². The van der Waals surface area contributed by atoms with Crippen molar-refractivity contribution in [1.82, 2.24) is 5.32 Å². The van der Waals surface area contributed by atoms with Crippen LogP contribution in [0.15, 0.2) is 0 Å². The summed E-state index contributed by atoms with van der Waals surface area (Å²) in [5.74, 6) is 0.629. The van der Waals surface area contributed by atoms with Crippen LogP contribution in [0.5, 0.6) is 0 Å². The summed E-state index contributed by atoms with van der Waals surface area (Å²) in [6.07, 6.45) is 5.66. The zero-order valence-electron chi connectivity index (χ0n) is 21.4. The lowest BCUT2D eigenvalue weighted by atomic mass is 9.43. The third-order valence-electron chi connectivity index (χ3n) is 11.0. The molecule has 9 heteroatoms. The number of amides is 1. The first-order valence-corrected chi connectivity index (χ1v) is 15.2. The molecule has 4 aliphatic rings. The quantitative estimate of drug-likeness (QED) is 0.327. The number of nitrogens with one attached hydrogen (secondary N) is 1. The summed E-state index contributed by atoms with van der Waals surface area (Å²) in [7, 11) is -4.09. The summed E-state index contributed by atoms with van der Waals surface area (Å²) in [6, 6.07) is 0. The molecule has 0 aromatic rings. The lowest BCUT2D eigenvalue weighted by molar-refractivity contribution is -0.214. The van der Waals surface area contributed by atoms with E-state index < -0.39 is 34.2 Å². The number of aliphatic hydroxyl groups is 3. The van der Waals surface area contributed by atoms with Gasteiger partial charge < -0.3 is 20.6 Å². The third-order valence-corrected chi connectivity index (χ3v) is 11.7. The van der Waals surface area contributed by atoms with Gasteiger partial charge in [-0.1, -0.05) is 27.2 Å². The Bertz CT molecular complexity index is 896. The van der Waals surface area contributed by atoms with E-state index in [2.05, 4.69) is 26.1 Å². The number of rotatable bonds is 7. The summed E-state index contributed by atoms with van der Waals surface area (Å²) in [4.78, 5) is 12.2. The molecule has 8 nitrogen and oxygen atoms in total. The molecule has 4 fully saturated rings. The second-order valence-corrected chi connectivity index (χ2v) is 14.2. The van der Waals surface area contributed by atoms with E-state index in [1.165, 1.54) is 0 Å². The molecular formula is C26H45NO7S. The largest absolute Gasteiger partial charge is 0.393 e. The predicted octanol–water partition coefficient (Wildman–Crippen LogP) is 2.37. The molecule has 1 amide bonds. The molecule has 4 rings (SSSR count). The maximum absolute atomic E-state index is 12.2. The number of hydrogen-bond donors (Lipinski definition) is 5. The molecule has 0 aromatic heterocycles. The van der Waals surface area contributed by atoms with E-state index in [1.54, 1.807) is 0 Å². The van der Waals surface area contributed by atoms with Crippen LogP contribution >= 0.6 is 0 Å². The van der Waals surface area contributed by atoms with Crippen molar-refractivity contribution >= 4 is 16.0 Å². The second-order valence-electron chi connectivity index (χ2n) is 12.6. The van der Waals surface area contributed by atoms with Crippen LogP contribution in [0.4, 0.5) is 0 Å². The van der Waals surface area contributed by atoms with Gasteiger partial charge >= 0.3 is 0 Å². The Morgan fingerprint density at radius 3 is 2.46 bits per heavy atom. The van der Waals surface area contributed by atoms with E-state index in [-0.39, 0.29) is 47.5 Å². The highest BCUT2D eigenvalue weighted by molar-refractivity contribution is 7.85. The zero-order chi connectivity index (χ0) is 25.8. The van der Waals surface area contributed by atoms with Gasteiger partial charge in [0.2, 0.25) is 5.91 Å². The molecule has 0 bridgehead atoms. The maximum Gasteiger partial charge on any atom is 0.266 e.